The van der Waals surface area contributed by atoms with Crippen LogP contribution in [0.15, 0.2) is 37.3 Å². The monoisotopic (exact) mass is 513 g/mol. The molecule has 8 nitrogen and oxygen atoms in total. The fourth-order valence-corrected chi connectivity index (χ4v) is 4.00. The van der Waals surface area contributed by atoms with Crippen LogP contribution in [0.5, 0.6) is 0 Å². The number of hydrogen-bond acceptors (Lipinski definition) is 6. The van der Waals surface area contributed by atoms with Crippen molar-refractivity contribution in [1.82, 2.24) is 20.5 Å². The number of nitrogens with zero attached hydrogens (tertiary/aromatic N) is 2. The lowest BCUT2D eigenvalue weighted by atomic mass is 10.1. The summed E-state index contributed by atoms with van der Waals surface area (Å²) in [5, 5.41) is 11.9. The van der Waals surface area contributed by atoms with E-state index < -0.39 is 10.0 Å². The summed E-state index contributed by atoms with van der Waals surface area (Å²) in [6, 6.07) is 5.18. The Kier molecular flexibility index (Phi) is 9.54. The van der Waals surface area contributed by atoms with Crippen LogP contribution >= 0.6 is 35.3 Å². The van der Waals surface area contributed by atoms with Crippen LogP contribution in [0, 0.1) is 0 Å². The van der Waals surface area contributed by atoms with E-state index in [0.29, 0.717) is 34.9 Å². The molecular weight excluding hydrogens is 489 g/mol. The Balaban J connectivity index is 0.00000338. The summed E-state index contributed by atoms with van der Waals surface area (Å²) in [5.74, 6) is 1.58. The number of aromatic nitrogens is 1. The van der Waals surface area contributed by atoms with E-state index in [-0.39, 0.29) is 30.5 Å². The molecule has 0 radical (unpaired) electrons. The lowest BCUT2D eigenvalue weighted by molar-refractivity contribution is 0.372. The first-order valence-electron chi connectivity index (χ1n) is 7.85. The number of guanidine groups is 1. The minimum absolute atomic E-state index is 0. The van der Waals surface area contributed by atoms with E-state index in [4.69, 9.17) is 4.52 Å². The average Bonchev–Trinajstić information content (AvgIpc) is 3.26. The zero-order valence-electron chi connectivity index (χ0n) is 14.9. The number of aliphatic imine (C=N–C) groups is 1. The van der Waals surface area contributed by atoms with Crippen LogP contribution in [0.2, 0.25) is 0 Å². The van der Waals surface area contributed by atoms with Gasteiger partial charge in [-0.05, 0) is 17.4 Å². The topological polar surface area (TPSA) is 109 Å². The van der Waals surface area contributed by atoms with E-state index >= 15 is 0 Å². The molecule has 0 atom stereocenters. The highest BCUT2D eigenvalue weighted by Crippen LogP contribution is 2.15. The van der Waals surface area contributed by atoms with Gasteiger partial charge >= 0.3 is 0 Å². The average molecular weight is 513 g/mol. The molecule has 0 aliphatic rings. The molecule has 2 rings (SSSR count). The highest BCUT2D eigenvalue weighted by molar-refractivity contribution is 14.0. The van der Waals surface area contributed by atoms with E-state index in [0.717, 1.165) is 5.69 Å². The summed E-state index contributed by atoms with van der Waals surface area (Å²) in [5.41, 5.74) is 0.905. The predicted molar refractivity (Wildman–Crippen MR) is 114 cm³/mol. The van der Waals surface area contributed by atoms with Crippen molar-refractivity contribution in [2.24, 2.45) is 4.99 Å². The number of thiophene rings is 1. The number of rotatable bonds is 8. The molecule has 0 saturated carbocycles. The molecule has 0 bridgehead atoms. The molecule has 2 heterocycles. The van der Waals surface area contributed by atoms with Gasteiger partial charge in [0.2, 0.25) is 10.0 Å². The molecule has 0 saturated heterocycles. The molecule has 0 spiro atoms. The highest BCUT2D eigenvalue weighted by atomic mass is 127. The maximum absolute atomic E-state index is 12.0. The van der Waals surface area contributed by atoms with Crippen molar-refractivity contribution in [1.29, 1.82) is 0 Å². The van der Waals surface area contributed by atoms with Crippen LogP contribution in [0.25, 0.3) is 0 Å². The van der Waals surface area contributed by atoms with Gasteiger partial charge in [-0.3, -0.25) is 4.99 Å². The fourth-order valence-electron chi connectivity index (χ4n) is 1.93. The molecule has 2 aromatic heterocycles. The normalized spacial score (nSPS) is 12.1. The summed E-state index contributed by atoms with van der Waals surface area (Å²) >= 11 is 1.19. The molecule has 2 aromatic rings. The highest BCUT2D eigenvalue weighted by Gasteiger charge is 2.14. The quantitative estimate of drug-likeness (QED) is 0.216. The van der Waals surface area contributed by atoms with Gasteiger partial charge in [0, 0.05) is 26.2 Å². The van der Waals surface area contributed by atoms with Gasteiger partial charge in [0.1, 0.15) is 4.21 Å². The van der Waals surface area contributed by atoms with Gasteiger partial charge in [-0.2, -0.15) is 0 Å². The predicted octanol–water partition coefficient (Wildman–Crippen LogP) is 2.12. The van der Waals surface area contributed by atoms with E-state index in [2.05, 4.69) is 25.5 Å². The zero-order chi connectivity index (χ0) is 18.3. The van der Waals surface area contributed by atoms with E-state index in [9.17, 15) is 8.42 Å². The second-order valence-electron chi connectivity index (χ2n) is 5.56. The lowest BCUT2D eigenvalue weighted by Gasteiger charge is -2.11. The molecule has 0 unspecified atom stereocenters. The third kappa shape index (κ3) is 6.85. The minimum atomic E-state index is -3.44. The Morgan fingerprint density at radius 3 is 2.69 bits per heavy atom. The smallest absolute Gasteiger partial charge is 0.250 e. The second-order valence-corrected chi connectivity index (χ2v) is 8.50. The van der Waals surface area contributed by atoms with Crippen LogP contribution < -0.4 is 15.4 Å². The Morgan fingerprint density at radius 1 is 1.35 bits per heavy atom. The summed E-state index contributed by atoms with van der Waals surface area (Å²) in [6.07, 6.45) is 0. The first kappa shape index (κ1) is 22.9. The fraction of sp³-hybridized carbons (Fsp3) is 0.467. The van der Waals surface area contributed by atoms with Crippen molar-refractivity contribution in [3.8, 4) is 0 Å². The summed E-state index contributed by atoms with van der Waals surface area (Å²) in [6.45, 7) is 5.19. The van der Waals surface area contributed by atoms with Gasteiger partial charge in [-0.15, -0.1) is 35.3 Å². The van der Waals surface area contributed by atoms with Gasteiger partial charge in [0.15, 0.2) is 11.7 Å². The first-order valence-corrected chi connectivity index (χ1v) is 10.2. The van der Waals surface area contributed by atoms with Gasteiger partial charge in [0.25, 0.3) is 0 Å². The van der Waals surface area contributed by atoms with Crippen LogP contribution in [0.1, 0.15) is 31.2 Å². The SMILES string of the molecule is CN=C(NCCNS(=O)(=O)c1cccs1)NCc1cc(C(C)C)no1.I. The van der Waals surface area contributed by atoms with Crippen molar-refractivity contribution in [3.05, 3.63) is 35.0 Å². The standard InChI is InChI=1S/C15H23N5O3S2.HI/c1-11(2)13-9-12(23-20-13)10-18-15(16-3)17-6-7-19-25(21,22)14-5-4-8-24-14;/h4-5,8-9,11,19H,6-7,10H2,1-3H3,(H2,16,17,18);1H. The van der Waals surface area contributed by atoms with Gasteiger partial charge < -0.3 is 15.2 Å². The third-order valence-electron chi connectivity index (χ3n) is 3.29. The maximum atomic E-state index is 12.0. The Labute approximate surface area is 174 Å². The van der Waals surface area contributed by atoms with Crippen LogP contribution in [-0.2, 0) is 16.6 Å². The van der Waals surface area contributed by atoms with Crippen molar-refractivity contribution < 1.29 is 12.9 Å². The molecule has 146 valence electrons. The number of nitrogens with one attached hydrogen (secondary N) is 3. The third-order valence-corrected chi connectivity index (χ3v) is 6.15. The second kappa shape index (κ2) is 10.8. The lowest BCUT2D eigenvalue weighted by Crippen LogP contribution is -2.41. The molecule has 26 heavy (non-hydrogen) atoms. The largest absolute Gasteiger partial charge is 0.359 e. The van der Waals surface area contributed by atoms with Crippen LogP contribution in [0.4, 0.5) is 0 Å². The molecule has 3 N–H and O–H groups in total. The molecule has 0 aromatic carbocycles. The first-order chi connectivity index (χ1) is 11.9. The number of sulfonamides is 1. The summed E-state index contributed by atoms with van der Waals surface area (Å²) in [7, 11) is -1.79. The van der Waals surface area contributed by atoms with E-state index in [1.54, 1.807) is 24.6 Å². The summed E-state index contributed by atoms with van der Waals surface area (Å²) < 4.78 is 32.1. The van der Waals surface area contributed by atoms with Gasteiger partial charge in [-0.1, -0.05) is 25.1 Å². The summed E-state index contributed by atoms with van der Waals surface area (Å²) in [4.78, 5) is 4.09. The van der Waals surface area contributed by atoms with Crippen LogP contribution in [0.3, 0.4) is 0 Å². The molecular formula is C15H24IN5O3S2. The molecule has 0 amide bonds. The number of halogens is 1. The Morgan fingerprint density at radius 2 is 2.12 bits per heavy atom. The van der Waals surface area contributed by atoms with Crippen molar-refractivity contribution in [2.75, 3.05) is 20.1 Å². The molecule has 0 aliphatic carbocycles. The van der Waals surface area contributed by atoms with Crippen LogP contribution in [-0.4, -0.2) is 39.7 Å². The molecule has 0 aliphatic heterocycles. The minimum Gasteiger partial charge on any atom is -0.359 e. The molecule has 0 fully saturated rings. The molecule has 11 heteroatoms. The Bertz CT molecular complexity index is 788. The van der Waals surface area contributed by atoms with Crippen molar-refractivity contribution in [3.63, 3.8) is 0 Å². The zero-order valence-corrected chi connectivity index (χ0v) is 18.8. The van der Waals surface area contributed by atoms with Gasteiger partial charge in [0.05, 0.1) is 12.2 Å². The van der Waals surface area contributed by atoms with E-state index in [1.807, 2.05) is 19.9 Å². The Hall–Kier alpha value is -1.18. The van der Waals surface area contributed by atoms with E-state index in [1.165, 1.54) is 11.3 Å². The van der Waals surface area contributed by atoms with Gasteiger partial charge in [-0.25, -0.2) is 13.1 Å². The number of hydrogen-bond donors (Lipinski definition) is 3. The van der Waals surface area contributed by atoms with Crippen molar-refractivity contribution in [2.45, 2.75) is 30.5 Å². The maximum Gasteiger partial charge on any atom is 0.250 e. The van der Waals surface area contributed by atoms with Crippen molar-refractivity contribution >= 4 is 51.3 Å².